The summed E-state index contributed by atoms with van der Waals surface area (Å²) in [4.78, 5) is 0. The number of anilines is 1. The Hall–Kier alpha value is -1.74. The molecule has 0 fully saturated rings. The number of benzene rings is 2. The van der Waals surface area contributed by atoms with Gasteiger partial charge in [0.05, 0.1) is 0 Å². The lowest BCUT2D eigenvalue weighted by molar-refractivity contribution is 0.306. The minimum Gasteiger partial charge on any atom is -0.489 e. The molecule has 0 aliphatic heterocycles. The highest BCUT2D eigenvalue weighted by molar-refractivity contribution is 9.11. The number of hydrogen-bond acceptors (Lipinski definition) is 2. The second-order valence-electron chi connectivity index (χ2n) is 4.30. The topological polar surface area (TPSA) is 35.2 Å². The van der Waals surface area contributed by atoms with Crippen molar-refractivity contribution in [2.75, 3.05) is 5.73 Å². The average molecular weight is 318 g/mol. The van der Waals surface area contributed by atoms with E-state index in [4.69, 9.17) is 10.5 Å². The first kappa shape index (κ1) is 13.7. The molecule has 0 bridgehead atoms. The van der Waals surface area contributed by atoms with E-state index in [1.807, 2.05) is 61.5 Å². The highest BCUT2D eigenvalue weighted by atomic mass is 79.9. The van der Waals surface area contributed by atoms with Crippen LogP contribution >= 0.6 is 15.9 Å². The van der Waals surface area contributed by atoms with E-state index >= 15 is 0 Å². The summed E-state index contributed by atoms with van der Waals surface area (Å²) >= 11 is 3.41. The number of allylic oxidation sites excluding steroid dienone is 1. The van der Waals surface area contributed by atoms with E-state index in [0.717, 1.165) is 27.0 Å². The molecule has 2 nitrogen and oxygen atoms in total. The molecule has 0 saturated carbocycles. The average Bonchev–Trinajstić information content (AvgIpc) is 2.40. The lowest BCUT2D eigenvalue weighted by Crippen LogP contribution is -1.96. The van der Waals surface area contributed by atoms with Crippen LogP contribution in [0.25, 0.3) is 6.08 Å². The van der Waals surface area contributed by atoms with Crippen LogP contribution in [0, 0.1) is 0 Å². The van der Waals surface area contributed by atoms with Crippen LogP contribution in [0.15, 0.2) is 53.0 Å². The van der Waals surface area contributed by atoms with E-state index in [1.54, 1.807) is 0 Å². The fourth-order valence-corrected chi connectivity index (χ4v) is 1.97. The maximum absolute atomic E-state index is 5.92. The number of nitrogens with two attached hydrogens (primary N) is 1. The van der Waals surface area contributed by atoms with Gasteiger partial charge in [-0.15, -0.1) is 0 Å². The predicted molar refractivity (Wildman–Crippen MR) is 84.2 cm³/mol. The van der Waals surface area contributed by atoms with Gasteiger partial charge in [-0.1, -0.05) is 46.3 Å². The number of hydrogen-bond donors (Lipinski definition) is 1. The maximum atomic E-state index is 5.92. The van der Waals surface area contributed by atoms with Gasteiger partial charge >= 0.3 is 0 Å². The van der Waals surface area contributed by atoms with Gasteiger partial charge in [0.1, 0.15) is 12.4 Å². The lowest BCUT2D eigenvalue weighted by Gasteiger charge is -2.08. The summed E-state index contributed by atoms with van der Waals surface area (Å²) in [5.41, 5.74) is 8.77. The van der Waals surface area contributed by atoms with Crippen LogP contribution in [-0.2, 0) is 6.61 Å². The van der Waals surface area contributed by atoms with Gasteiger partial charge in [-0.2, -0.15) is 0 Å². The third kappa shape index (κ3) is 4.14. The maximum Gasteiger partial charge on any atom is 0.120 e. The van der Waals surface area contributed by atoms with Crippen molar-refractivity contribution >= 4 is 27.7 Å². The molecule has 0 heterocycles. The van der Waals surface area contributed by atoms with Crippen molar-refractivity contribution in [1.29, 1.82) is 0 Å². The molecule has 0 aliphatic rings. The Morgan fingerprint density at radius 3 is 2.63 bits per heavy atom. The summed E-state index contributed by atoms with van der Waals surface area (Å²) in [5.74, 6) is 0.818. The van der Waals surface area contributed by atoms with Crippen molar-refractivity contribution in [2.45, 2.75) is 13.5 Å². The Bertz CT molecular complexity index is 575. The minimum absolute atomic E-state index is 0.557. The Morgan fingerprint density at radius 2 is 1.95 bits per heavy atom. The van der Waals surface area contributed by atoms with Gasteiger partial charge in [-0.05, 0) is 41.2 Å². The molecule has 0 saturated heterocycles. The summed E-state index contributed by atoms with van der Waals surface area (Å²) in [6.07, 6.45) is 1.98. The van der Waals surface area contributed by atoms with Gasteiger partial charge in [0.2, 0.25) is 0 Å². The van der Waals surface area contributed by atoms with Crippen LogP contribution in [0.5, 0.6) is 5.75 Å². The van der Waals surface area contributed by atoms with E-state index in [1.165, 1.54) is 0 Å². The van der Waals surface area contributed by atoms with Gasteiger partial charge < -0.3 is 10.5 Å². The Kier molecular flexibility index (Phi) is 4.63. The zero-order chi connectivity index (χ0) is 13.7. The molecule has 2 N–H and O–H groups in total. The third-order valence-electron chi connectivity index (χ3n) is 2.66. The highest BCUT2D eigenvalue weighted by Crippen LogP contribution is 2.24. The third-order valence-corrected chi connectivity index (χ3v) is 2.89. The van der Waals surface area contributed by atoms with E-state index in [-0.39, 0.29) is 0 Å². The molecule has 0 radical (unpaired) electrons. The molecule has 2 rings (SSSR count). The zero-order valence-electron chi connectivity index (χ0n) is 10.8. The highest BCUT2D eigenvalue weighted by Gasteiger charge is 2.01. The van der Waals surface area contributed by atoms with Crippen molar-refractivity contribution in [1.82, 2.24) is 0 Å². The van der Waals surface area contributed by atoms with E-state index in [2.05, 4.69) is 15.9 Å². The largest absolute Gasteiger partial charge is 0.489 e. The molecule has 3 heteroatoms. The first-order valence-electron chi connectivity index (χ1n) is 6.05. The van der Waals surface area contributed by atoms with Crippen molar-refractivity contribution < 1.29 is 4.74 Å². The standard InChI is InChI=1S/C16H16BrNO/c1-12(17)9-14-10-15(7-8-16(14)18)19-11-13-5-3-2-4-6-13/h2-10H,11,18H2,1H3/b12-9-. The minimum atomic E-state index is 0.557. The molecule has 0 spiro atoms. The SMILES string of the molecule is C/C(Br)=C/c1cc(OCc2ccccc2)ccc1N. The smallest absolute Gasteiger partial charge is 0.120 e. The molecule has 19 heavy (non-hydrogen) atoms. The molecule has 0 unspecified atom stereocenters. The Morgan fingerprint density at radius 1 is 1.21 bits per heavy atom. The molecule has 2 aromatic rings. The van der Waals surface area contributed by atoms with Crippen LogP contribution in [0.2, 0.25) is 0 Å². The molecule has 98 valence electrons. The lowest BCUT2D eigenvalue weighted by atomic mass is 10.1. The number of nitrogen functional groups attached to an aromatic ring is 1. The molecular formula is C16H16BrNO. The van der Waals surface area contributed by atoms with Gasteiger partial charge in [0.15, 0.2) is 0 Å². The van der Waals surface area contributed by atoms with Gasteiger partial charge in [0.25, 0.3) is 0 Å². The zero-order valence-corrected chi connectivity index (χ0v) is 12.4. The van der Waals surface area contributed by atoms with Crippen molar-refractivity contribution in [3.05, 3.63) is 64.1 Å². The van der Waals surface area contributed by atoms with Crippen molar-refractivity contribution in [3.8, 4) is 5.75 Å². The fourth-order valence-electron chi connectivity index (χ4n) is 1.72. The normalized spacial score (nSPS) is 11.4. The summed E-state index contributed by atoms with van der Waals surface area (Å²) < 4.78 is 6.80. The molecule has 0 amide bonds. The molecule has 2 aromatic carbocycles. The van der Waals surface area contributed by atoms with Crippen LogP contribution in [0.1, 0.15) is 18.1 Å². The monoisotopic (exact) mass is 317 g/mol. The van der Waals surface area contributed by atoms with Gasteiger partial charge in [0, 0.05) is 11.3 Å². The molecule has 0 aliphatic carbocycles. The summed E-state index contributed by atoms with van der Waals surface area (Å²) in [6, 6.07) is 15.8. The summed E-state index contributed by atoms with van der Waals surface area (Å²) in [7, 11) is 0. The van der Waals surface area contributed by atoms with Crippen LogP contribution in [0.4, 0.5) is 5.69 Å². The second kappa shape index (κ2) is 6.43. The Labute approximate surface area is 122 Å². The number of rotatable bonds is 4. The fraction of sp³-hybridized carbons (Fsp3) is 0.125. The first-order valence-corrected chi connectivity index (χ1v) is 6.84. The summed E-state index contributed by atoms with van der Waals surface area (Å²) in [6.45, 7) is 2.53. The molecule has 0 atom stereocenters. The van der Waals surface area contributed by atoms with E-state index in [0.29, 0.717) is 6.61 Å². The first-order chi connectivity index (χ1) is 9.15. The number of halogens is 1. The Balaban J connectivity index is 2.11. The van der Waals surface area contributed by atoms with Crippen molar-refractivity contribution in [3.63, 3.8) is 0 Å². The predicted octanol–water partition coefficient (Wildman–Crippen LogP) is 4.60. The quantitative estimate of drug-likeness (QED) is 0.836. The van der Waals surface area contributed by atoms with Crippen LogP contribution in [-0.4, -0.2) is 0 Å². The van der Waals surface area contributed by atoms with Crippen molar-refractivity contribution in [2.24, 2.45) is 0 Å². The van der Waals surface area contributed by atoms with Gasteiger partial charge in [-0.3, -0.25) is 0 Å². The van der Waals surface area contributed by atoms with Gasteiger partial charge in [-0.25, -0.2) is 0 Å². The van der Waals surface area contributed by atoms with Crippen LogP contribution in [0.3, 0.4) is 0 Å². The summed E-state index contributed by atoms with van der Waals surface area (Å²) in [5, 5.41) is 0. The number of ether oxygens (including phenoxy) is 1. The van der Waals surface area contributed by atoms with Crippen LogP contribution < -0.4 is 10.5 Å². The molecular weight excluding hydrogens is 302 g/mol. The molecule has 0 aromatic heterocycles. The second-order valence-corrected chi connectivity index (χ2v) is 5.55. The van der Waals surface area contributed by atoms with E-state index < -0.39 is 0 Å². The van der Waals surface area contributed by atoms with E-state index in [9.17, 15) is 0 Å².